The number of Topliss-reactive ketones (excluding diaryl/α,β-unsaturated/α-hetero) is 1. The maximum Gasteiger partial charge on any atom is 0.162 e. The Morgan fingerprint density at radius 3 is 2.40 bits per heavy atom. The van der Waals surface area contributed by atoms with Gasteiger partial charge in [-0.05, 0) is 54.7 Å². The molecule has 1 heterocycles. The highest BCUT2D eigenvalue weighted by molar-refractivity contribution is 6.42. The van der Waals surface area contributed by atoms with Crippen LogP contribution in [0, 0.1) is 11.3 Å². The third-order valence-corrected chi connectivity index (χ3v) is 6.55. The Labute approximate surface area is 185 Å². The van der Waals surface area contributed by atoms with Crippen molar-refractivity contribution >= 4 is 29.0 Å². The molecule has 0 saturated carbocycles. The van der Waals surface area contributed by atoms with Crippen LogP contribution in [0.15, 0.2) is 65.0 Å². The number of hydrogen-bond donors (Lipinski definition) is 1. The van der Waals surface area contributed by atoms with Crippen LogP contribution in [-0.4, -0.2) is 12.9 Å². The lowest BCUT2D eigenvalue weighted by Crippen LogP contribution is -2.33. The zero-order chi connectivity index (χ0) is 21.4. The first kappa shape index (κ1) is 20.5. The molecule has 6 heteroatoms. The van der Waals surface area contributed by atoms with E-state index >= 15 is 0 Å². The third-order valence-electron chi connectivity index (χ3n) is 5.81. The lowest BCUT2D eigenvalue weighted by molar-refractivity contribution is -0.116. The van der Waals surface area contributed by atoms with Gasteiger partial charge in [-0.15, -0.1) is 0 Å². The van der Waals surface area contributed by atoms with Gasteiger partial charge in [0.1, 0.15) is 5.75 Å². The zero-order valence-corrected chi connectivity index (χ0v) is 18.1. The topological polar surface area (TPSA) is 62.1 Å². The summed E-state index contributed by atoms with van der Waals surface area (Å²) in [5.74, 6) is 0.459. The highest BCUT2D eigenvalue weighted by atomic mass is 35.5. The van der Waals surface area contributed by atoms with Gasteiger partial charge in [0.2, 0.25) is 0 Å². The molecular weight excluding hydrogens is 419 g/mol. The van der Waals surface area contributed by atoms with Gasteiger partial charge in [0, 0.05) is 23.4 Å². The third kappa shape index (κ3) is 3.60. The Morgan fingerprint density at radius 2 is 1.77 bits per heavy atom. The Morgan fingerprint density at radius 1 is 1.07 bits per heavy atom. The number of carbonyl (C=O) groups is 1. The SMILES string of the molecule is COc1ccc([C@H]2CC(=O)C3=C(C2)NC(C)=C(C#N)[C@H]3c2ccc(Cl)c(Cl)c2)cc1. The molecule has 1 aliphatic carbocycles. The molecule has 0 bridgehead atoms. The molecule has 0 fully saturated rings. The molecule has 30 heavy (non-hydrogen) atoms. The summed E-state index contributed by atoms with van der Waals surface area (Å²) in [7, 11) is 1.63. The van der Waals surface area contributed by atoms with E-state index in [2.05, 4.69) is 11.4 Å². The molecule has 4 rings (SSSR count). The van der Waals surface area contributed by atoms with E-state index in [0.717, 1.165) is 28.3 Å². The van der Waals surface area contributed by atoms with Gasteiger partial charge in [0.25, 0.3) is 0 Å². The molecule has 2 aromatic rings. The number of allylic oxidation sites excluding steroid dienone is 4. The predicted molar refractivity (Wildman–Crippen MR) is 118 cm³/mol. The van der Waals surface area contributed by atoms with Crippen LogP contribution >= 0.6 is 23.2 Å². The minimum Gasteiger partial charge on any atom is -0.497 e. The number of ketones is 1. The standard InChI is InChI=1S/C24H20Cl2N2O2/c1-13-18(12-27)23(15-5-8-19(25)20(26)9-15)24-21(28-13)10-16(11-22(24)29)14-3-6-17(30-2)7-4-14/h3-9,16,23,28H,10-11H2,1-2H3/t16-,23-/m1/s1. The minimum atomic E-state index is -0.440. The van der Waals surface area contributed by atoms with E-state index in [1.807, 2.05) is 37.3 Å². The minimum absolute atomic E-state index is 0.0425. The van der Waals surface area contributed by atoms with Crippen LogP contribution in [-0.2, 0) is 4.79 Å². The molecule has 0 radical (unpaired) electrons. The van der Waals surface area contributed by atoms with Crippen LogP contribution in [0.5, 0.6) is 5.75 Å². The number of methoxy groups -OCH3 is 1. The van der Waals surface area contributed by atoms with Gasteiger partial charge in [0.15, 0.2) is 5.78 Å². The van der Waals surface area contributed by atoms with E-state index in [1.165, 1.54) is 0 Å². The van der Waals surface area contributed by atoms with E-state index in [1.54, 1.807) is 19.2 Å². The second-order valence-electron chi connectivity index (χ2n) is 7.58. The normalized spacial score (nSPS) is 21.1. The first-order chi connectivity index (χ1) is 14.4. The average molecular weight is 439 g/mol. The van der Waals surface area contributed by atoms with Gasteiger partial charge in [0.05, 0.1) is 34.7 Å². The first-order valence-electron chi connectivity index (χ1n) is 9.66. The van der Waals surface area contributed by atoms with Crippen molar-refractivity contribution < 1.29 is 9.53 Å². The maximum atomic E-state index is 13.3. The van der Waals surface area contributed by atoms with E-state index < -0.39 is 5.92 Å². The molecule has 1 N–H and O–H groups in total. The molecule has 0 spiro atoms. The molecule has 1 aliphatic heterocycles. The second-order valence-corrected chi connectivity index (χ2v) is 8.39. The number of nitrogens with one attached hydrogen (secondary N) is 1. The molecule has 0 amide bonds. The predicted octanol–water partition coefficient (Wildman–Crippen LogP) is 5.89. The van der Waals surface area contributed by atoms with E-state index in [9.17, 15) is 10.1 Å². The Hall–Kier alpha value is -2.74. The van der Waals surface area contributed by atoms with Gasteiger partial charge < -0.3 is 10.1 Å². The summed E-state index contributed by atoms with van der Waals surface area (Å²) >= 11 is 12.3. The van der Waals surface area contributed by atoms with Crippen molar-refractivity contribution in [2.75, 3.05) is 7.11 Å². The van der Waals surface area contributed by atoms with Gasteiger partial charge in [-0.3, -0.25) is 4.79 Å². The fourth-order valence-electron chi connectivity index (χ4n) is 4.32. The van der Waals surface area contributed by atoms with Crippen LogP contribution in [0.2, 0.25) is 10.0 Å². The fourth-order valence-corrected chi connectivity index (χ4v) is 4.63. The molecule has 2 atom stereocenters. The van der Waals surface area contributed by atoms with Crippen LogP contribution in [0.3, 0.4) is 0 Å². The van der Waals surface area contributed by atoms with Gasteiger partial charge >= 0.3 is 0 Å². The molecule has 2 aromatic carbocycles. The molecule has 0 aromatic heterocycles. The fraction of sp³-hybridized carbons (Fsp3) is 0.250. The number of hydrogen-bond acceptors (Lipinski definition) is 4. The summed E-state index contributed by atoms with van der Waals surface area (Å²) in [5, 5.41) is 14.0. The summed E-state index contributed by atoms with van der Waals surface area (Å²) in [4.78, 5) is 13.3. The lowest BCUT2D eigenvalue weighted by atomic mass is 9.72. The number of nitrogens with zero attached hydrogens (tertiary/aromatic N) is 1. The summed E-state index contributed by atoms with van der Waals surface area (Å²) in [6, 6.07) is 15.4. The van der Waals surface area contributed by atoms with Crippen molar-refractivity contribution in [2.45, 2.75) is 31.6 Å². The number of benzene rings is 2. The second kappa shape index (κ2) is 8.18. The van der Waals surface area contributed by atoms with E-state index in [-0.39, 0.29) is 11.7 Å². The van der Waals surface area contributed by atoms with Crippen molar-refractivity contribution in [2.24, 2.45) is 0 Å². The smallest absolute Gasteiger partial charge is 0.162 e. The van der Waals surface area contributed by atoms with Crippen LogP contribution in [0.4, 0.5) is 0 Å². The largest absolute Gasteiger partial charge is 0.497 e. The molecule has 4 nitrogen and oxygen atoms in total. The quantitative estimate of drug-likeness (QED) is 0.648. The number of rotatable bonds is 3. The van der Waals surface area contributed by atoms with Crippen molar-refractivity contribution in [1.82, 2.24) is 5.32 Å². The van der Waals surface area contributed by atoms with Gasteiger partial charge in [-0.25, -0.2) is 0 Å². The van der Waals surface area contributed by atoms with Crippen LogP contribution in [0.25, 0.3) is 0 Å². The van der Waals surface area contributed by atoms with Crippen molar-refractivity contribution in [3.8, 4) is 11.8 Å². The van der Waals surface area contributed by atoms with Crippen molar-refractivity contribution in [1.29, 1.82) is 5.26 Å². The van der Waals surface area contributed by atoms with Crippen molar-refractivity contribution in [3.63, 3.8) is 0 Å². The molecule has 152 valence electrons. The molecule has 0 saturated heterocycles. The average Bonchev–Trinajstić information content (AvgIpc) is 2.74. The van der Waals surface area contributed by atoms with Crippen LogP contribution in [0.1, 0.15) is 42.7 Å². The zero-order valence-electron chi connectivity index (χ0n) is 16.6. The van der Waals surface area contributed by atoms with Crippen LogP contribution < -0.4 is 10.1 Å². The number of dihydropyridines is 1. The number of carbonyl (C=O) groups excluding carboxylic acids is 1. The summed E-state index contributed by atoms with van der Waals surface area (Å²) in [6.45, 7) is 1.87. The molecule has 2 aliphatic rings. The summed E-state index contributed by atoms with van der Waals surface area (Å²) in [5.41, 5.74) is 4.71. The summed E-state index contributed by atoms with van der Waals surface area (Å²) in [6.07, 6.45) is 1.09. The number of ether oxygens (including phenoxy) is 1. The van der Waals surface area contributed by atoms with Crippen molar-refractivity contribution in [3.05, 3.63) is 86.2 Å². The van der Waals surface area contributed by atoms with E-state index in [0.29, 0.717) is 34.0 Å². The Kier molecular flexibility index (Phi) is 5.60. The van der Waals surface area contributed by atoms with Gasteiger partial charge in [-0.2, -0.15) is 5.26 Å². The maximum absolute atomic E-state index is 13.3. The van der Waals surface area contributed by atoms with Gasteiger partial charge in [-0.1, -0.05) is 41.4 Å². The monoisotopic (exact) mass is 438 g/mol. The first-order valence-corrected chi connectivity index (χ1v) is 10.4. The Bertz CT molecular complexity index is 1130. The highest BCUT2D eigenvalue weighted by Crippen LogP contribution is 2.46. The lowest BCUT2D eigenvalue weighted by Gasteiger charge is -2.35. The number of nitriles is 1. The Balaban J connectivity index is 1.76. The van der Waals surface area contributed by atoms with E-state index in [4.69, 9.17) is 27.9 Å². The molecule has 0 unspecified atom stereocenters. The number of halogens is 2. The summed E-state index contributed by atoms with van der Waals surface area (Å²) < 4.78 is 5.24. The molecular formula is C24H20Cl2N2O2. The highest BCUT2D eigenvalue weighted by Gasteiger charge is 2.39.